The van der Waals surface area contributed by atoms with Gasteiger partial charge >= 0.3 is 5.97 Å². The second kappa shape index (κ2) is 7.42. The van der Waals surface area contributed by atoms with Crippen molar-refractivity contribution in [1.82, 2.24) is 0 Å². The Morgan fingerprint density at radius 2 is 1.76 bits per heavy atom. The summed E-state index contributed by atoms with van der Waals surface area (Å²) >= 11 is 0. The lowest BCUT2D eigenvalue weighted by Crippen LogP contribution is -2.21. The van der Waals surface area contributed by atoms with E-state index in [1.165, 1.54) is 5.56 Å². The number of carbonyl (C=O) groups is 2. The highest BCUT2D eigenvalue weighted by atomic mass is 19.1. The number of anilines is 1. The topological polar surface area (TPSA) is 55.4 Å². The van der Waals surface area contributed by atoms with Gasteiger partial charge in [-0.1, -0.05) is 6.07 Å². The maximum absolute atomic E-state index is 13.5. The molecule has 0 spiro atoms. The number of rotatable bonds is 4. The van der Waals surface area contributed by atoms with E-state index in [-0.39, 0.29) is 5.69 Å². The van der Waals surface area contributed by atoms with E-state index in [1.54, 1.807) is 12.1 Å². The molecule has 25 heavy (non-hydrogen) atoms. The van der Waals surface area contributed by atoms with Crippen LogP contribution in [0.5, 0.6) is 0 Å². The van der Waals surface area contributed by atoms with Crippen molar-refractivity contribution in [1.29, 1.82) is 0 Å². The van der Waals surface area contributed by atoms with Crippen LogP contribution in [0.3, 0.4) is 0 Å². The van der Waals surface area contributed by atoms with Crippen molar-refractivity contribution in [3.63, 3.8) is 0 Å². The highest BCUT2D eigenvalue weighted by molar-refractivity contribution is 5.95. The van der Waals surface area contributed by atoms with Gasteiger partial charge in [-0.15, -0.1) is 0 Å². The lowest BCUT2D eigenvalue weighted by atomic mass is 9.90. The first kappa shape index (κ1) is 17.1. The van der Waals surface area contributed by atoms with Crippen molar-refractivity contribution in [2.45, 2.75) is 25.7 Å². The average Bonchev–Trinajstić information content (AvgIpc) is 2.61. The molecule has 0 fully saturated rings. The summed E-state index contributed by atoms with van der Waals surface area (Å²) in [5.41, 5.74) is 2.60. The Kier molecular flexibility index (Phi) is 5.07. The number of ether oxygens (including phenoxy) is 1. The molecule has 0 unspecified atom stereocenters. The third-order valence-corrected chi connectivity index (χ3v) is 4.12. The fourth-order valence-corrected chi connectivity index (χ4v) is 2.85. The predicted octanol–water partition coefficient (Wildman–Crippen LogP) is 3.64. The molecule has 0 bridgehead atoms. The van der Waals surface area contributed by atoms with E-state index in [0.717, 1.165) is 43.4 Å². The van der Waals surface area contributed by atoms with Gasteiger partial charge in [0.15, 0.2) is 6.61 Å². The second-order valence-electron chi connectivity index (χ2n) is 5.94. The van der Waals surface area contributed by atoms with Crippen LogP contribution in [-0.2, 0) is 22.4 Å². The number of nitrogens with one attached hydrogen (secondary N) is 1. The Labute approximate surface area is 143 Å². The Hall–Kier alpha value is -2.76. The molecule has 0 saturated carbocycles. The van der Waals surface area contributed by atoms with Gasteiger partial charge in [0, 0.05) is 6.07 Å². The summed E-state index contributed by atoms with van der Waals surface area (Å²) in [4.78, 5) is 23.8. The molecule has 130 valence electrons. The minimum absolute atomic E-state index is 0.170. The van der Waals surface area contributed by atoms with Crippen LogP contribution < -0.4 is 5.32 Å². The number of benzene rings is 2. The van der Waals surface area contributed by atoms with Crippen molar-refractivity contribution in [2.24, 2.45) is 0 Å². The fourth-order valence-electron chi connectivity index (χ4n) is 2.85. The Morgan fingerprint density at radius 3 is 2.52 bits per heavy atom. The lowest BCUT2D eigenvalue weighted by Gasteiger charge is -2.16. The number of aryl methyl sites for hydroxylation is 2. The van der Waals surface area contributed by atoms with Gasteiger partial charge in [0.2, 0.25) is 0 Å². The summed E-state index contributed by atoms with van der Waals surface area (Å²) < 4.78 is 31.3. The molecule has 0 heterocycles. The van der Waals surface area contributed by atoms with E-state index in [0.29, 0.717) is 11.6 Å². The molecule has 0 atom stereocenters. The van der Waals surface area contributed by atoms with E-state index in [2.05, 4.69) is 5.32 Å². The van der Waals surface area contributed by atoms with Gasteiger partial charge < -0.3 is 10.1 Å². The maximum Gasteiger partial charge on any atom is 0.338 e. The van der Waals surface area contributed by atoms with Crippen molar-refractivity contribution in [2.75, 3.05) is 11.9 Å². The van der Waals surface area contributed by atoms with E-state index < -0.39 is 30.1 Å². The van der Waals surface area contributed by atoms with Crippen molar-refractivity contribution in [3.8, 4) is 0 Å². The maximum atomic E-state index is 13.5. The van der Waals surface area contributed by atoms with E-state index in [9.17, 15) is 18.4 Å². The van der Waals surface area contributed by atoms with E-state index >= 15 is 0 Å². The number of amides is 1. The van der Waals surface area contributed by atoms with Gasteiger partial charge in [-0.2, -0.15) is 0 Å². The van der Waals surface area contributed by atoms with Crippen molar-refractivity contribution >= 4 is 17.6 Å². The van der Waals surface area contributed by atoms with E-state index in [1.807, 2.05) is 6.07 Å². The van der Waals surface area contributed by atoms with Gasteiger partial charge in [-0.05, 0) is 61.1 Å². The number of hydrogen-bond donors (Lipinski definition) is 1. The Bertz CT molecular complexity index is 820. The minimum Gasteiger partial charge on any atom is -0.452 e. The molecule has 4 nitrogen and oxygen atoms in total. The summed E-state index contributed by atoms with van der Waals surface area (Å²) in [5.74, 6) is -2.94. The SMILES string of the molecule is O=C(COC(=O)c1ccc2c(c1)CCCC2)Nc1ccc(F)cc1F. The predicted molar refractivity (Wildman–Crippen MR) is 88.4 cm³/mol. The quantitative estimate of drug-likeness (QED) is 0.861. The average molecular weight is 345 g/mol. The highest BCUT2D eigenvalue weighted by Crippen LogP contribution is 2.22. The smallest absolute Gasteiger partial charge is 0.338 e. The van der Waals surface area contributed by atoms with Gasteiger partial charge in [-0.3, -0.25) is 4.79 Å². The van der Waals surface area contributed by atoms with Crippen LogP contribution in [0.2, 0.25) is 0 Å². The van der Waals surface area contributed by atoms with Crippen LogP contribution in [0.1, 0.15) is 34.3 Å². The van der Waals surface area contributed by atoms with Crippen LogP contribution in [0, 0.1) is 11.6 Å². The zero-order valence-electron chi connectivity index (χ0n) is 13.5. The van der Waals surface area contributed by atoms with Gasteiger partial charge in [-0.25, -0.2) is 13.6 Å². The molecule has 3 rings (SSSR count). The van der Waals surface area contributed by atoms with Crippen LogP contribution >= 0.6 is 0 Å². The van der Waals surface area contributed by atoms with Crippen LogP contribution in [-0.4, -0.2) is 18.5 Å². The normalized spacial score (nSPS) is 13.0. The van der Waals surface area contributed by atoms with Gasteiger partial charge in [0.05, 0.1) is 11.3 Å². The summed E-state index contributed by atoms with van der Waals surface area (Å²) in [6.07, 6.45) is 4.19. The molecule has 0 aromatic heterocycles. The largest absolute Gasteiger partial charge is 0.452 e. The van der Waals surface area contributed by atoms with Gasteiger partial charge in [0.1, 0.15) is 11.6 Å². The molecule has 1 amide bonds. The van der Waals surface area contributed by atoms with Crippen LogP contribution in [0.25, 0.3) is 0 Å². The zero-order valence-corrected chi connectivity index (χ0v) is 13.5. The molecule has 1 N–H and O–H groups in total. The van der Waals surface area contributed by atoms with E-state index in [4.69, 9.17) is 4.74 Å². The molecule has 0 saturated heterocycles. The number of esters is 1. The van der Waals surface area contributed by atoms with Gasteiger partial charge in [0.25, 0.3) is 5.91 Å². The number of hydrogen-bond acceptors (Lipinski definition) is 3. The lowest BCUT2D eigenvalue weighted by molar-refractivity contribution is -0.119. The van der Waals surface area contributed by atoms with Crippen molar-refractivity contribution < 1.29 is 23.1 Å². The molecule has 1 aliphatic rings. The fraction of sp³-hybridized carbons (Fsp3) is 0.263. The molecule has 0 aliphatic heterocycles. The molecular formula is C19H17F2NO3. The molecule has 6 heteroatoms. The summed E-state index contributed by atoms with van der Waals surface area (Å²) in [6, 6.07) is 8.19. The molecule has 0 radical (unpaired) electrons. The molecule has 2 aromatic carbocycles. The highest BCUT2D eigenvalue weighted by Gasteiger charge is 2.15. The minimum atomic E-state index is -0.894. The first-order valence-corrected chi connectivity index (χ1v) is 8.07. The first-order valence-electron chi connectivity index (χ1n) is 8.07. The number of halogens is 2. The zero-order chi connectivity index (χ0) is 17.8. The first-order chi connectivity index (χ1) is 12.0. The monoisotopic (exact) mass is 345 g/mol. The Balaban J connectivity index is 1.57. The third kappa shape index (κ3) is 4.21. The second-order valence-corrected chi connectivity index (χ2v) is 5.94. The molecular weight excluding hydrogens is 328 g/mol. The molecule has 2 aromatic rings. The third-order valence-electron chi connectivity index (χ3n) is 4.12. The standard InChI is InChI=1S/C19H17F2NO3/c20-15-7-8-17(16(21)10-15)22-18(23)11-25-19(24)14-6-5-12-3-1-2-4-13(12)9-14/h5-10H,1-4,11H2,(H,22,23). The van der Waals surface area contributed by atoms with Crippen LogP contribution in [0.15, 0.2) is 36.4 Å². The number of fused-ring (bicyclic) bond motifs is 1. The van der Waals surface area contributed by atoms with Crippen LogP contribution in [0.4, 0.5) is 14.5 Å². The number of carbonyl (C=O) groups excluding carboxylic acids is 2. The Morgan fingerprint density at radius 1 is 1.00 bits per heavy atom. The summed E-state index contributed by atoms with van der Waals surface area (Å²) in [5, 5.41) is 2.24. The van der Waals surface area contributed by atoms with Crippen molar-refractivity contribution in [3.05, 3.63) is 64.7 Å². The summed E-state index contributed by atoms with van der Waals surface area (Å²) in [6.45, 7) is -0.549. The summed E-state index contributed by atoms with van der Waals surface area (Å²) in [7, 11) is 0. The molecule has 1 aliphatic carbocycles.